The number of hydrogen-bond donors (Lipinski definition) is 2. The highest BCUT2D eigenvalue weighted by Crippen LogP contribution is 2.34. The van der Waals surface area contributed by atoms with Crippen LogP contribution in [0, 0.1) is 0 Å². The molecule has 3 aromatic carbocycles. The molecule has 48 heavy (non-hydrogen) atoms. The number of nitrogens with one attached hydrogen (secondary N) is 2. The maximum absolute atomic E-state index is 12.6. The first-order chi connectivity index (χ1) is 23.4. The first-order valence-electron chi connectivity index (χ1n) is 15.8. The first-order valence-corrected chi connectivity index (χ1v) is 15.8. The minimum atomic E-state index is -0.601. The van der Waals surface area contributed by atoms with Crippen molar-refractivity contribution in [3.8, 4) is 28.0 Å². The standard InChI is InChI=1S/C41H30N4O3/c1-24(2)48-41-30(39(46)40(41)47)16-15-29-31-19-21-35(44-31)37(25-9-5-3-6-10-25)33-17-13-27(42-33)23-28-14-18-34(43-28)38(26-11-7-4-8-12-26)36-22-20-32(29)45-36/h3-24,42,45H,1-2H3/b16-15+,27-23?,28-23?,31-29?,32-29?,37-33?,37-35?,38-34?,38-36?. The van der Waals surface area contributed by atoms with Crippen LogP contribution in [-0.4, -0.2) is 26.0 Å². The number of aromatic amines is 2. The summed E-state index contributed by atoms with van der Waals surface area (Å²) in [6.07, 6.45) is 11.3. The topological polar surface area (TPSA) is 101 Å². The Balaban J connectivity index is 1.46. The predicted octanol–water partition coefficient (Wildman–Crippen LogP) is 8.54. The van der Waals surface area contributed by atoms with Gasteiger partial charge in [0, 0.05) is 38.8 Å². The van der Waals surface area contributed by atoms with Gasteiger partial charge in [0.1, 0.15) is 0 Å². The summed E-state index contributed by atoms with van der Waals surface area (Å²) >= 11 is 0. The molecule has 5 heterocycles. The summed E-state index contributed by atoms with van der Waals surface area (Å²) < 4.78 is 5.70. The number of nitrogens with zero attached hydrogens (tertiary/aromatic N) is 2. The molecule has 0 unspecified atom stereocenters. The lowest BCUT2D eigenvalue weighted by atomic mass is 10.0. The van der Waals surface area contributed by atoms with Crippen LogP contribution in [0.4, 0.5) is 0 Å². The second-order valence-electron chi connectivity index (χ2n) is 12.0. The molecule has 8 bridgehead atoms. The van der Waals surface area contributed by atoms with Crippen LogP contribution in [-0.2, 0) is 0 Å². The van der Waals surface area contributed by atoms with Gasteiger partial charge in [-0.3, -0.25) is 9.59 Å². The summed E-state index contributed by atoms with van der Waals surface area (Å²) in [7, 11) is 0. The fourth-order valence-electron chi connectivity index (χ4n) is 6.21. The molecule has 7 nitrogen and oxygen atoms in total. The normalized spacial score (nSPS) is 12.5. The molecule has 0 saturated heterocycles. The van der Waals surface area contributed by atoms with Crippen molar-refractivity contribution in [2.24, 2.45) is 0 Å². The van der Waals surface area contributed by atoms with Crippen LogP contribution in [0.2, 0.25) is 0 Å². The summed E-state index contributed by atoms with van der Waals surface area (Å²) in [4.78, 5) is 42.4. The fourth-order valence-corrected chi connectivity index (χ4v) is 6.21. The maximum Gasteiger partial charge on any atom is 0.268 e. The van der Waals surface area contributed by atoms with Crippen molar-refractivity contribution in [2.75, 3.05) is 0 Å². The lowest BCUT2D eigenvalue weighted by Crippen LogP contribution is -2.36. The molecule has 0 amide bonds. The van der Waals surface area contributed by atoms with Crippen molar-refractivity contribution in [3.63, 3.8) is 0 Å². The molecule has 7 heteroatoms. The van der Waals surface area contributed by atoms with Gasteiger partial charge in [-0.25, -0.2) is 9.97 Å². The molecule has 2 aliphatic heterocycles. The number of fused-ring (bicyclic) bond motifs is 8. The first kappa shape index (κ1) is 29.1. The largest absolute Gasteiger partial charge is 0.486 e. The highest BCUT2D eigenvalue weighted by atomic mass is 16.5. The molecule has 0 aliphatic carbocycles. The highest BCUT2D eigenvalue weighted by molar-refractivity contribution is 5.96. The quantitative estimate of drug-likeness (QED) is 0.180. The maximum atomic E-state index is 12.6. The molecule has 6 aromatic rings. The second kappa shape index (κ2) is 11.8. The van der Waals surface area contributed by atoms with Gasteiger partial charge in [-0.2, -0.15) is 0 Å². The zero-order chi connectivity index (χ0) is 32.8. The number of ether oxygens (including phenoxy) is 1. The lowest BCUT2D eigenvalue weighted by Gasteiger charge is -2.12. The van der Waals surface area contributed by atoms with Crippen molar-refractivity contribution in [3.05, 3.63) is 145 Å². The second-order valence-corrected chi connectivity index (χ2v) is 12.0. The van der Waals surface area contributed by atoms with Gasteiger partial charge in [-0.05, 0) is 91.8 Å². The monoisotopic (exact) mass is 626 g/mol. The molecule has 3 aromatic heterocycles. The number of rotatable bonds is 6. The van der Waals surface area contributed by atoms with Gasteiger partial charge in [0.15, 0.2) is 5.75 Å². The van der Waals surface area contributed by atoms with Crippen LogP contribution in [0.15, 0.2) is 101 Å². The van der Waals surface area contributed by atoms with Gasteiger partial charge >= 0.3 is 0 Å². The smallest absolute Gasteiger partial charge is 0.268 e. The van der Waals surface area contributed by atoms with Crippen LogP contribution >= 0.6 is 0 Å². The Kier molecular flexibility index (Phi) is 7.14. The van der Waals surface area contributed by atoms with Crippen LogP contribution in [0.25, 0.3) is 80.8 Å². The van der Waals surface area contributed by atoms with E-state index in [1.165, 1.54) is 0 Å². The van der Waals surface area contributed by atoms with E-state index in [0.29, 0.717) is 5.69 Å². The summed E-state index contributed by atoms with van der Waals surface area (Å²) in [5.74, 6) is 0.0974. The van der Waals surface area contributed by atoms with Gasteiger partial charge in [0.25, 0.3) is 5.43 Å². The number of aromatic nitrogens is 4. The van der Waals surface area contributed by atoms with Crippen LogP contribution in [0.1, 0.15) is 47.8 Å². The number of hydrogen-bond acceptors (Lipinski definition) is 5. The summed E-state index contributed by atoms with van der Waals surface area (Å²) in [5.41, 5.74) is 10.5. The van der Waals surface area contributed by atoms with E-state index in [1.54, 1.807) is 6.08 Å². The number of benzene rings is 2. The molecular formula is C41H30N4O3. The molecule has 232 valence electrons. The van der Waals surface area contributed by atoms with Gasteiger partial charge in [0.05, 0.1) is 34.4 Å². The van der Waals surface area contributed by atoms with E-state index in [4.69, 9.17) is 14.7 Å². The minimum absolute atomic E-state index is 0.0974. The molecule has 0 radical (unpaired) electrons. The van der Waals surface area contributed by atoms with Crippen LogP contribution in [0.3, 0.4) is 0 Å². The summed E-state index contributed by atoms with van der Waals surface area (Å²) in [5, 5.41) is 0. The van der Waals surface area contributed by atoms with E-state index in [9.17, 15) is 9.59 Å². The van der Waals surface area contributed by atoms with Gasteiger partial charge in [-0.15, -0.1) is 0 Å². The van der Waals surface area contributed by atoms with Gasteiger partial charge in [0.2, 0.25) is 5.43 Å². The third kappa shape index (κ3) is 5.21. The van der Waals surface area contributed by atoms with Crippen molar-refractivity contribution in [1.82, 2.24) is 19.9 Å². The van der Waals surface area contributed by atoms with E-state index in [1.807, 2.05) is 98.8 Å². The van der Waals surface area contributed by atoms with E-state index in [0.717, 1.165) is 67.0 Å². The van der Waals surface area contributed by atoms with E-state index < -0.39 is 10.9 Å². The Morgan fingerprint density at radius 3 is 1.90 bits per heavy atom. The van der Waals surface area contributed by atoms with Gasteiger partial charge in [-0.1, -0.05) is 60.7 Å². The Bertz CT molecular complexity index is 2510. The Labute approximate surface area is 276 Å². The van der Waals surface area contributed by atoms with Crippen LogP contribution in [0.5, 0.6) is 5.75 Å². The Morgan fingerprint density at radius 1 is 0.604 bits per heavy atom. The van der Waals surface area contributed by atoms with Crippen molar-refractivity contribution >= 4 is 58.5 Å². The highest BCUT2D eigenvalue weighted by Gasteiger charge is 2.22. The Morgan fingerprint density at radius 2 is 1.19 bits per heavy atom. The van der Waals surface area contributed by atoms with Crippen molar-refractivity contribution < 1.29 is 4.74 Å². The van der Waals surface area contributed by atoms with Crippen LogP contribution < -0.4 is 15.6 Å². The Hall–Kier alpha value is -6.34. The van der Waals surface area contributed by atoms with Crippen molar-refractivity contribution in [1.29, 1.82) is 0 Å². The zero-order valence-electron chi connectivity index (χ0n) is 26.3. The molecule has 2 N–H and O–H groups in total. The molecule has 0 atom stereocenters. The zero-order valence-corrected chi connectivity index (χ0v) is 26.3. The third-order valence-electron chi connectivity index (χ3n) is 8.41. The molecule has 0 fully saturated rings. The number of H-pyrrole nitrogens is 2. The van der Waals surface area contributed by atoms with Gasteiger partial charge < -0.3 is 14.7 Å². The minimum Gasteiger partial charge on any atom is -0.486 e. The average Bonchev–Trinajstić information content (AvgIpc) is 3.93. The van der Waals surface area contributed by atoms with E-state index >= 15 is 0 Å². The molecular weight excluding hydrogens is 596 g/mol. The molecule has 0 spiro atoms. The summed E-state index contributed by atoms with van der Waals surface area (Å²) in [6, 6.07) is 30.5. The third-order valence-corrected chi connectivity index (χ3v) is 8.41. The fraction of sp³-hybridized carbons (Fsp3) is 0.0732. The van der Waals surface area contributed by atoms with E-state index in [2.05, 4.69) is 46.4 Å². The predicted molar refractivity (Wildman–Crippen MR) is 196 cm³/mol. The molecule has 2 aliphatic rings. The molecule has 0 saturated carbocycles. The molecule has 8 rings (SSSR count). The SMILES string of the molecule is CC(C)Oc1c(/C=C/c2c3nc(c(-c4ccccc4)c4ccc(cc5nc(c(-c6ccccc6)c6ccc2[nH]6)C=C5)[nH]4)C=C3)c(=O)c1=O. The summed E-state index contributed by atoms with van der Waals surface area (Å²) in [6.45, 7) is 3.66. The average molecular weight is 627 g/mol. The van der Waals surface area contributed by atoms with Crippen molar-refractivity contribution in [2.45, 2.75) is 20.0 Å². The lowest BCUT2D eigenvalue weighted by molar-refractivity contribution is 0.236. The van der Waals surface area contributed by atoms with E-state index in [-0.39, 0.29) is 17.4 Å².